The molecule has 0 radical (unpaired) electrons. The molecule has 5 nitrogen and oxygen atoms in total. The zero-order chi connectivity index (χ0) is 15.5. The molecule has 0 aromatic carbocycles. The Morgan fingerprint density at radius 2 is 2.29 bits per heavy atom. The van der Waals surface area contributed by atoms with Gasteiger partial charge in [-0.05, 0) is 32.3 Å². The molecule has 2 atom stereocenters. The molecule has 2 unspecified atom stereocenters. The maximum Gasteiger partial charge on any atom is 0.228 e. The summed E-state index contributed by atoms with van der Waals surface area (Å²) in [4.78, 5) is 19.1. The van der Waals surface area contributed by atoms with E-state index in [0.29, 0.717) is 6.42 Å². The summed E-state index contributed by atoms with van der Waals surface area (Å²) in [5.74, 6) is 0.131. The average molecular weight is 392 g/mol. The highest BCUT2D eigenvalue weighted by Gasteiger charge is 2.29. The van der Waals surface area contributed by atoms with Gasteiger partial charge in [-0.3, -0.25) is 4.79 Å². The summed E-state index contributed by atoms with van der Waals surface area (Å²) in [6.07, 6.45) is 6.85. The van der Waals surface area contributed by atoms with Crippen LogP contribution in [0.25, 0.3) is 10.6 Å². The molecule has 1 aliphatic rings. The van der Waals surface area contributed by atoms with Crippen LogP contribution in [0.15, 0.2) is 28.4 Å². The van der Waals surface area contributed by atoms with Crippen LogP contribution in [0, 0.1) is 0 Å². The van der Waals surface area contributed by atoms with Gasteiger partial charge in [-0.2, -0.15) is 0 Å². The van der Waals surface area contributed by atoms with Crippen LogP contribution in [-0.4, -0.2) is 34.4 Å². The zero-order valence-electron chi connectivity index (χ0n) is 13.5. The highest BCUT2D eigenvalue weighted by atomic mass is 35.5. The Bertz CT molecular complexity index is 631. The Hall–Kier alpha value is -1.08. The first-order valence-corrected chi connectivity index (χ1v) is 8.55. The molecule has 1 saturated heterocycles. The van der Waals surface area contributed by atoms with Crippen LogP contribution in [0.3, 0.4) is 0 Å². The van der Waals surface area contributed by atoms with E-state index in [1.54, 1.807) is 12.5 Å². The minimum Gasteiger partial charge on any atom is -0.472 e. The second-order valence-corrected chi connectivity index (χ2v) is 6.70. The van der Waals surface area contributed by atoms with Crippen LogP contribution in [0.5, 0.6) is 0 Å². The molecule has 0 saturated carbocycles. The predicted molar refractivity (Wildman–Crippen MR) is 101 cm³/mol. The Labute approximate surface area is 158 Å². The highest BCUT2D eigenvalue weighted by molar-refractivity contribution is 7.13. The number of amides is 1. The van der Waals surface area contributed by atoms with E-state index in [1.165, 1.54) is 11.3 Å². The van der Waals surface area contributed by atoms with E-state index in [-0.39, 0.29) is 42.8 Å². The SMILES string of the molecule is CC(N)C1CCCCN1C(=O)Cc1csc(-c2ccoc2)n1.Cl.Cl. The van der Waals surface area contributed by atoms with Crippen molar-refractivity contribution in [3.63, 3.8) is 0 Å². The largest absolute Gasteiger partial charge is 0.472 e. The standard InChI is InChI=1S/C16H21N3O2S.2ClH/c1-11(17)14-4-2-3-6-19(14)15(20)8-13-10-22-16(18-13)12-5-7-21-9-12;;/h5,7,9-11,14H,2-4,6,8,17H2,1H3;2*1H. The maximum atomic E-state index is 12.6. The first-order valence-electron chi connectivity index (χ1n) is 7.67. The molecule has 0 spiro atoms. The number of thiazole rings is 1. The fourth-order valence-electron chi connectivity index (χ4n) is 2.98. The highest BCUT2D eigenvalue weighted by Crippen LogP contribution is 2.25. The molecule has 8 heteroatoms. The topological polar surface area (TPSA) is 72.4 Å². The third kappa shape index (κ3) is 4.72. The van der Waals surface area contributed by atoms with Crippen LogP contribution in [0.2, 0.25) is 0 Å². The Morgan fingerprint density at radius 1 is 1.50 bits per heavy atom. The lowest BCUT2D eigenvalue weighted by Crippen LogP contribution is -2.52. The van der Waals surface area contributed by atoms with E-state index in [0.717, 1.165) is 42.1 Å². The lowest BCUT2D eigenvalue weighted by Gasteiger charge is -2.38. The Kier molecular flexibility index (Phi) is 8.22. The van der Waals surface area contributed by atoms with Crippen molar-refractivity contribution in [1.29, 1.82) is 0 Å². The summed E-state index contributed by atoms with van der Waals surface area (Å²) >= 11 is 1.54. The van der Waals surface area contributed by atoms with Crippen LogP contribution in [-0.2, 0) is 11.2 Å². The predicted octanol–water partition coefficient (Wildman–Crippen LogP) is 3.52. The molecule has 2 aromatic heterocycles. The van der Waals surface area contributed by atoms with Gasteiger partial charge < -0.3 is 15.1 Å². The fourth-order valence-corrected chi connectivity index (χ4v) is 3.78. The van der Waals surface area contributed by atoms with Gasteiger partial charge in [0.05, 0.1) is 18.4 Å². The number of hydrogen-bond acceptors (Lipinski definition) is 5. The minimum atomic E-state index is 0. The summed E-state index contributed by atoms with van der Waals surface area (Å²) in [5.41, 5.74) is 7.81. The van der Waals surface area contributed by atoms with Crippen molar-refractivity contribution in [3.8, 4) is 10.6 Å². The van der Waals surface area contributed by atoms with Gasteiger partial charge in [0.25, 0.3) is 0 Å². The van der Waals surface area contributed by atoms with Gasteiger partial charge in [0.1, 0.15) is 11.3 Å². The van der Waals surface area contributed by atoms with Gasteiger partial charge in [-0.1, -0.05) is 0 Å². The number of nitrogens with zero attached hydrogens (tertiary/aromatic N) is 2. The summed E-state index contributed by atoms with van der Waals surface area (Å²) in [5, 5.41) is 2.84. The quantitative estimate of drug-likeness (QED) is 0.864. The van der Waals surface area contributed by atoms with E-state index in [9.17, 15) is 4.79 Å². The summed E-state index contributed by atoms with van der Waals surface area (Å²) in [6, 6.07) is 2.05. The molecule has 3 rings (SSSR count). The monoisotopic (exact) mass is 391 g/mol. The van der Waals surface area contributed by atoms with Crippen molar-refractivity contribution in [2.45, 2.75) is 44.7 Å². The van der Waals surface area contributed by atoms with Crippen LogP contribution < -0.4 is 5.73 Å². The van der Waals surface area contributed by atoms with Gasteiger partial charge in [0, 0.05) is 29.6 Å². The molecule has 2 aromatic rings. The number of piperidine rings is 1. The summed E-state index contributed by atoms with van der Waals surface area (Å²) in [6.45, 7) is 2.79. The molecule has 24 heavy (non-hydrogen) atoms. The maximum absolute atomic E-state index is 12.6. The number of nitrogens with two attached hydrogens (primary N) is 1. The fraction of sp³-hybridized carbons (Fsp3) is 0.500. The van der Waals surface area contributed by atoms with Crippen LogP contribution in [0.4, 0.5) is 0 Å². The van der Waals surface area contributed by atoms with E-state index in [1.807, 2.05) is 23.3 Å². The van der Waals surface area contributed by atoms with Gasteiger partial charge in [-0.25, -0.2) is 4.98 Å². The molecule has 134 valence electrons. The van der Waals surface area contributed by atoms with E-state index in [4.69, 9.17) is 10.2 Å². The first kappa shape index (κ1) is 21.0. The second-order valence-electron chi connectivity index (χ2n) is 5.84. The van der Waals surface area contributed by atoms with E-state index >= 15 is 0 Å². The minimum absolute atomic E-state index is 0. The normalized spacial score (nSPS) is 18.4. The molecule has 1 aliphatic heterocycles. The van der Waals surface area contributed by atoms with E-state index < -0.39 is 0 Å². The van der Waals surface area contributed by atoms with Crippen molar-refractivity contribution < 1.29 is 9.21 Å². The first-order chi connectivity index (χ1) is 10.6. The van der Waals surface area contributed by atoms with Crippen LogP contribution in [0.1, 0.15) is 31.9 Å². The molecular formula is C16H23Cl2N3O2S. The number of likely N-dealkylation sites (tertiary alicyclic amines) is 1. The Morgan fingerprint density at radius 3 is 2.96 bits per heavy atom. The van der Waals surface area contributed by atoms with Crippen molar-refractivity contribution in [2.24, 2.45) is 5.73 Å². The van der Waals surface area contributed by atoms with Crippen molar-refractivity contribution in [3.05, 3.63) is 29.7 Å². The zero-order valence-corrected chi connectivity index (χ0v) is 16.0. The van der Waals surface area contributed by atoms with E-state index in [2.05, 4.69) is 4.98 Å². The average Bonchev–Trinajstić information content (AvgIpc) is 3.17. The second kappa shape index (κ2) is 9.42. The molecular weight excluding hydrogens is 369 g/mol. The number of aromatic nitrogens is 1. The lowest BCUT2D eigenvalue weighted by molar-refractivity contribution is -0.134. The van der Waals surface area contributed by atoms with Crippen molar-refractivity contribution in [2.75, 3.05) is 6.54 Å². The molecule has 2 N–H and O–H groups in total. The smallest absolute Gasteiger partial charge is 0.228 e. The molecule has 0 bridgehead atoms. The van der Waals surface area contributed by atoms with Gasteiger partial charge in [0.15, 0.2) is 0 Å². The molecule has 1 amide bonds. The number of halogens is 2. The summed E-state index contributed by atoms with van der Waals surface area (Å²) in [7, 11) is 0. The van der Waals surface area contributed by atoms with Crippen molar-refractivity contribution in [1.82, 2.24) is 9.88 Å². The molecule has 1 fully saturated rings. The molecule has 3 heterocycles. The summed E-state index contributed by atoms with van der Waals surface area (Å²) < 4.78 is 5.07. The number of carbonyl (C=O) groups is 1. The van der Waals surface area contributed by atoms with Gasteiger partial charge in [-0.15, -0.1) is 36.2 Å². The number of rotatable bonds is 4. The number of carbonyl (C=O) groups excluding carboxylic acids is 1. The number of hydrogen-bond donors (Lipinski definition) is 1. The third-order valence-corrected chi connectivity index (χ3v) is 5.07. The van der Waals surface area contributed by atoms with Gasteiger partial charge >= 0.3 is 0 Å². The lowest BCUT2D eigenvalue weighted by atomic mass is 9.96. The Balaban J connectivity index is 0.00000144. The van der Waals surface area contributed by atoms with Crippen molar-refractivity contribution >= 4 is 42.1 Å². The van der Waals surface area contributed by atoms with Crippen LogP contribution >= 0.6 is 36.2 Å². The third-order valence-electron chi connectivity index (χ3n) is 4.13. The molecule has 0 aliphatic carbocycles. The number of furan rings is 1. The van der Waals surface area contributed by atoms with Gasteiger partial charge in [0.2, 0.25) is 5.91 Å².